The van der Waals surface area contributed by atoms with Crippen molar-refractivity contribution in [1.29, 1.82) is 0 Å². The van der Waals surface area contributed by atoms with Crippen molar-refractivity contribution in [2.45, 2.75) is 37.7 Å². The number of sulfone groups is 1. The molecule has 136 valence electrons. The van der Waals surface area contributed by atoms with Crippen LogP contribution in [-0.4, -0.2) is 45.2 Å². The van der Waals surface area contributed by atoms with Crippen molar-refractivity contribution in [3.8, 4) is 0 Å². The van der Waals surface area contributed by atoms with Crippen molar-refractivity contribution in [3.05, 3.63) is 34.9 Å². The third-order valence-corrected chi connectivity index (χ3v) is 8.63. The van der Waals surface area contributed by atoms with Crippen LogP contribution in [-0.2, 0) is 25.6 Å². The van der Waals surface area contributed by atoms with Gasteiger partial charge in [0.05, 0.1) is 16.8 Å². The van der Waals surface area contributed by atoms with Crippen LogP contribution in [0.5, 0.6) is 0 Å². The summed E-state index contributed by atoms with van der Waals surface area (Å²) in [5, 5.41) is -0.124. The summed E-state index contributed by atoms with van der Waals surface area (Å²) >= 11 is 5.90. The maximum absolute atomic E-state index is 12.6. The van der Waals surface area contributed by atoms with E-state index in [1.807, 2.05) is 13.8 Å². The molecule has 0 amide bonds. The highest BCUT2D eigenvalue weighted by Gasteiger charge is 2.35. The molecule has 1 aliphatic heterocycles. The molecule has 1 saturated heterocycles. The highest BCUT2D eigenvalue weighted by atomic mass is 35.5. The molecular formula is C16H24ClNO4S2. The normalized spacial score (nSPS) is 20.4. The average Bonchev–Trinajstić information content (AvgIpc) is 2.45. The van der Waals surface area contributed by atoms with Crippen LogP contribution in [0.25, 0.3) is 0 Å². The molecule has 1 aromatic carbocycles. The van der Waals surface area contributed by atoms with Gasteiger partial charge in [-0.05, 0) is 36.5 Å². The van der Waals surface area contributed by atoms with E-state index in [1.54, 1.807) is 24.3 Å². The molecule has 0 aliphatic carbocycles. The van der Waals surface area contributed by atoms with Crippen LogP contribution in [0.1, 0.15) is 32.3 Å². The summed E-state index contributed by atoms with van der Waals surface area (Å²) in [6, 6.07) is 6.72. The van der Waals surface area contributed by atoms with Gasteiger partial charge in [0.25, 0.3) is 0 Å². The van der Waals surface area contributed by atoms with E-state index in [0.29, 0.717) is 30.0 Å². The summed E-state index contributed by atoms with van der Waals surface area (Å²) in [4.78, 5) is 0. The summed E-state index contributed by atoms with van der Waals surface area (Å²) in [7, 11) is -6.85. The fourth-order valence-electron chi connectivity index (χ4n) is 2.98. The molecule has 24 heavy (non-hydrogen) atoms. The van der Waals surface area contributed by atoms with Gasteiger partial charge in [-0.25, -0.2) is 21.1 Å². The van der Waals surface area contributed by atoms with E-state index in [0.717, 1.165) is 0 Å². The van der Waals surface area contributed by atoms with Crippen molar-refractivity contribution in [3.63, 3.8) is 0 Å². The fraction of sp³-hybridized carbons (Fsp3) is 0.625. The zero-order valence-corrected chi connectivity index (χ0v) is 16.4. The monoisotopic (exact) mass is 393 g/mol. The zero-order valence-electron chi connectivity index (χ0n) is 14.0. The van der Waals surface area contributed by atoms with Crippen molar-refractivity contribution in [1.82, 2.24) is 4.31 Å². The van der Waals surface area contributed by atoms with Crippen LogP contribution in [0.15, 0.2) is 24.3 Å². The molecule has 8 heteroatoms. The minimum Gasteiger partial charge on any atom is -0.228 e. The number of hydrogen-bond donors (Lipinski definition) is 0. The third kappa shape index (κ3) is 5.18. The topological polar surface area (TPSA) is 71.5 Å². The molecule has 1 aliphatic rings. The molecule has 0 N–H and O–H groups in total. The molecule has 1 atom stereocenters. The lowest BCUT2D eigenvalue weighted by molar-refractivity contribution is 0.345. The number of halogens is 1. The van der Waals surface area contributed by atoms with Crippen LogP contribution < -0.4 is 0 Å². The Hall–Kier alpha value is -0.630. The summed E-state index contributed by atoms with van der Waals surface area (Å²) in [6.45, 7) is 4.14. The van der Waals surface area contributed by atoms with E-state index in [1.165, 1.54) is 4.31 Å². The Morgan fingerprint density at radius 3 is 2.58 bits per heavy atom. The largest absolute Gasteiger partial charge is 0.228 e. The predicted molar refractivity (Wildman–Crippen MR) is 97.3 cm³/mol. The summed E-state index contributed by atoms with van der Waals surface area (Å²) < 4.78 is 51.5. The molecule has 1 aromatic rings. The molecule has 0 unspecified atom stereocenters. The number of hydrogen-bond acceptors (Lipinski definition) is 4. The SMILES string of the molecule is CC(C)CS(=O)(=O)[C@H]1CCCN(S(=O)(=O)Cc2cccc(Cl)c2)C1. The lowest BCUT2D eigenvalue weighted by atomic mass is 10.2. The van der Waals surface area contributed by atoms with Gasteiger partial charge >= 0.3 is 0 Å². The number of sulfonamides is 1. The smallest absolute Gasteiger partial charge is 0.218 e. The molecular weight excluding hydrogens is 370 g/mol. The van der Waals surface area contributed by atoms with E-state index in [2.05, 4.69) is 0 Å². The average molecular weight is 394 g/mol. The minimum absolute atomic E-state index is 0.0356. The fourth-order valence-corrected chi connectivity index (χ4v) is 7.02. The predicted octanol–water partition coefficient (Wildman–Crippen LogP) is 2.71. The van der Waals surface area contributed by atoms with Gasteiger partial charge in [0, 0.05) is 18.1 Å². The highest BCUT2D eigenvalue weighted by molar-refractivity contribution is 7.92. The molecule has 0 aromatic heterocycles. The van der Waals surface area contributed by atoms with Gasteiger partial charge in [0.1, 0.15) is 0 Å². The van der Waals surface area contributed by atoms with Crippen LogP contribution >= 0.6 is 11.6 Å². The van der Waals surface area contributed by atoms with Crippen LogP contribution in [0, 0.1) is 5.92 Å². The first-order valence-electron chi connectivity index (χ1n) is 8.04. The number of piperidine rings is 1. The second-order valence-corrected chi connectivity index (χ2v) is 11.5. The first kappa shape index (κ1) is 19.7. The summed E-state index contributed by atoms with van der Waals surface area (Å²) in [6.07, 6.45) is 1.09. The van der Waals surface area contributed by atoms with Crippen molar-refractivity contribution in [2.75, 3.05) is 18.8 Å². The summed E-state index contributed by atoms with van der Waals surface area (Å²) in [5.41, 5.74) is 0.606. The Morgan fingerprint density at radius 1 is 1.25 bits per heavy atom. The first-order chi connectivity index (χ1) is 11.1. The van der Waals surface area contributed by atoms with Crippen molar-refractivity contribution in [2.24, 2.45) is 5.92 Å². The standard InChI is InChI=1S/C16H24ClNO4S2/c1-13(2)11-23(19,20)16-7-4-8-18(10-16)24(21,22)12-14-5-3-6-15(17)9-14/h3,5-6,9,13,16H,4,7-8,10-12H2,1-2H3/t16-/m0/s1. The van der Waals surface area contributed by atoms with Gasteiger partial charge in [-0.3, -0.25) is 0 Å². The molecule has 0 spiro atoms. The lowest BCUT2D eigenvalue weighted by Crippen LogP contribution is -2.46. The van der Waals surface area contributed by atoms with Gasteiger partial charge in [-0.15, -0.1) is 0 Å². The number of benzene rings is 1. The highest BCUT2D eigenvalue weighted by Crippen LogP contribution is 2.24. The van der Waals surface area contributed by atoms with E-state index < -0.39 is 25.1 Å². The van der Waals surface area contributed by atoms with E-state index in [4.69, 9.17) is 11.6 Å². The maximum atomic E-state index is 12.6. The Labute approximate surface area is 150 Å². The van der Waals surface area contributed by atoms with Gasteiger partial charge in [-0.1, -0.05) is 37.6 Å². The zero-order chi connectivity index (χ0) is 18.0. The third-order valence-electron chi connectivity index (χ3n) is 4.05. The van der Waals surface area contributed by atoms with Gasteiger partial charge in [0.2, 0.25) is 10.0 Å². The molecule has 1 heterocycles. The summed E-state index contributed by atoms with van der Waals surface area (Å²) in [5.74, 6) is -0.0295. The van der Waals surface area contributed by atoms with Gasteiger partial charge in [-0.2, -0.15) is 0 Å². The van der Waals surface area contributed by atoms with Gasteiger partial charge in [0.15, 0.2) is 9.84 Å². The van der Waals surface area contributed by atoms with Crippen molar-refractivity contribution < 1.29 is 16.8 Å². The Kier molecular flexibility index (Phi) is 6.34. The van der Waals surface area contributed by atoms with E-state index in [-0.39, 0.29) is 24.0 Å². The second kappa shape index (κ2) is 7.72. The Morgan fingerprint density at radius 2 is 1.96 bits per heavy atom. The number of nitrogens with zero attached hydrogens (tertiary/aromatic N) is 1. The van der Waals surface area contributed by atoms with Crippen LogP contribution in [0.3, 0.4) is 0 Å². The lowest BCUT2D eigenvalue weighted by Gasteiger charge is -2.32. The molecule has 0 bridgehead atoms. The van der Waals surface area contributed by atoms with Gasteiger partial charge < -0.3 is 0 Å². The Balaban J connectivity index is 2.13. The van der Waals surface area contributed by atoms with Crippen LogP contribution in [0.2, 0.25) is 5.02 Å². The second-order valence-electron chi connectivity index (χ2n) is 6.73. The Bertz CT molecular complexity index is 775. The minimum atomic E-state index is -3.56. The molecule has 0 saturated carbocycles. The number of rotatable bonds is 6. The first-order valence-corrected chi connectivity index (χ1v) is 11.7. The molecule has 1 fully saturated rings. The maximum Gasteiger partial charge on any atom is 0.218 e. The van der Waals surface area contributed by atoms with E-state index >= 15 is 0 Å². The molecule has 0 radical (unpaired) electrons. The van der Waals surface area contributed by atoms with Crippen LogP contribution in [0.4, 0.5) is 0 Å². The van der Waals surface area contributed by atoms with Crippen molar-refractivity contribution >= 4 is 31.5 Å². The molecule has 5 nitrogen and oxygen atoms in total. The quantitative estimate of drug-likeness (QED) is 0.744. The molecule has 2 rings (SSSR count). The van der Waals surface area contributed by atoms with E-state index in [9.17, 15) is 16.8 Å².